The first-order chi connectivity index (χ1) is 8.47. The molecule has 106 valence electrons. The standard InChI is InChI=1S/C11H22N2O3S2/c12-11(9-17-18(14,15)16)13-8-10-6-4-2-1-3-5-7-10/h10H,1-9H2,(H2,12,13)(H,14,15,16). The molecular formula is C11H22N2O3S2. The fourth-order valence-corrected chi connectivity index (χ4v) is 3.32. The van der Waals surface area contributed by atoms with Crippen LogP contribution in [0.5, 0.6) is 0 Å². The van der Waals surface area contributed by atoms with Gasteiger partial charge in [-0.15, -0.1) is 0 Å². The van der Waals surface area contributed by atoms with Crippen molar-refractivity contribution in [1.82, 2.24) is 0 Å². The highest BCUT2D eigenvalue weighted by Crippen LogP contribution is 2.22. The summed E-state index contributed by atoms with van der Waals surface area (Å²) in [5.74, 6) is 0.894. The van der Waals surface area contributed by atoms with Gasteiger partial charge < -0.3 is 5.73 Å². The van der Waals surface area contributed by atoms with Gasteiger partial charge in [0, 0.05) is 17.3 Å². The van der Waals surface area contributed by atoms with E-state index in [0.717, 1.165) is 0 Å². The molecule has 0 radical (unpaired) electrons. The number of hydrogen-bond acceptors (Lipinski definition) is 4. The van der Waals surface area contributed by atoms with Crippen molar-refractivity contribution in [2.24, 2.45) is 16.6 Å². The van der Waals surface area contributed by atoms with Gasteiger partial charge in [0.15, 0.2) is 0 Å². The SMILES string of the molecule is NC(CSS(=O)(=O)O)=NCC1CCCCCCC1. The molecule has 0 bridgehead atoms. The maximum absolute atomic E-state index is 10.5. The highest BCUT2D eigenvalue weighted by Gasteiger charge is 2.11. The van der Waals surface area contributed by atoms with E-state index >= 15 is 0 Å². The molecule has 18 heavy (non-hydrogen) atoms. The molecular weight excluding hydrogens is 272 g/mol. The lowest BCUT2D eigenvalue weighted by Crippen LogP contribution is -2.18. The largest absolute Gasteiger partial charge is 0.387 e. The molecule has 0 amide bonds. The van der Waals surface area contributed by atoms with Crippen LogP contribution in [-0.4, -0.2) is 31.1 Å². The summed E-state index contributed by atoms with van der Waals surface area (Å²) in [5, 5.41) is 0. The second-order valence-corrected chi connectivity index (χ2v) is 8.08. The summed E-state index contributed by atoms with van der Waals surface area (Å²) in [6, 6.07) is 0. The van der Waals surface area contributed by atoms with Crippen LogP contribution in [0.15, 0.2) is 4.99 Å². The fourth-order valence-electron chi connectivity index (χ4n) is 2.15. The molecule has 5 nitrogen and oxygen atoms in total. The molecule has 0 aromatic carbocycles. The molecule has 0 aromatic rings. The molecule has 1 aliphatic carbocycles. The van der Waals surface area contributed by atoms with Gasteiger partial charge >= 0.3 is 9.15 Å². The van der Waals surface area contributed by atoms with Gasteiger partial charge in [-0.25, -0.2) is 0 Å². The smallest absolute Gasteiger partial charge is 0.320 e. The van der Waals surface area contributed by atoms with Gasteiger partial charge in [-0.1, -0.05) is 32.1 Å². The van der Waals surface area contributed by atoms with Crippen molar-refractivity contribution in [2.75, 3.05) is 12.3 Å². The molecule has 3 N–H and O–H groups in total. The van der Waals surface area contributed by atoms with Crippen molar-refractivity contribution in [3.8, 4) is 0 Å². The number of amidine groups is 1. The predicted octanol–water partition coefficient (Wildman–Crippen LogP) is 2.24. The van der Waals surface area contributed by atoms with Crippen LogP contribution in [0.25, 0.3) is 0 Å². The highest BCUT2D eigenvalue weighted by atomic mass is 33.1. The van der Waals surface area contributed by atoms with E-state index in [4.69, 9.17) is 10.3 Å². The van der Waals surface area contributed by atoms with Crippen molar-refractivity contribution in [3.05, 3.63) is 0 Å². The van der Waals surface area contributed by atoms with Crippen LogP contribution in [0.1, 0.15) is 44.9 Å². The number of nitrogens with two attached hydrogens (primary N) is 1. The molecule has 0 aromatic heterocycles. The van der Waals surface area contributed by atoms with Crippen LogP contribution in [0, 0.1) is 5.92 Å². The minimum absolute atomic E-state index is 0.0333. The van der Waals surface area contributed by atoms with Crippen molar-refractivity contribution in [3.63, 3.8) is 0 Å². The van der Waals surface area contributed by atoms with Crippen LogP contribution >= 0.6 is 10.8 Å². The Bertz CT molecular complexity index is 360. The summed E-state index contributed by atoms with van der Waals surface area (Å²) in [4.78, 5) is 4.22. The molecule has 0 spiro atoms. The number of rotatable bonds is 5. The van der Waals surface area contributed by atoms with Crippen molar-refractivity contribution < 1.29 is 13.0 Å². The average molecular weight is 294 g/mol. The van der Waals surface area contributed by atoms with Gasteiger partial charge in [0.05, 0.1) is 5.75 Å². The summed E-state index contributed by atoms with van der Waals surface area (Å²) in [5.41, 5.74) is 5.62. The summed E-state index contributed by atoms with van der Waals surface area (Å²) in [6.07, 6.45) is 8.80. The van der Waals surface area contributed by atoms with Crippen molar-refractivity contribution in [1.29, 1.82) is 0 Å². The Morgan fingerprint density at radius 2 is 1.78 bits per heavy atom. The Kier molecular flexibility index (Phi) is 7.03. The van der Waals surface area contributed by atoms with E-state index in [2.05, 4.69) is 4.99 Å². The van der Waals surface area contributed by atoms with E-state index in [1.165, 1.54) is 44.9 Å². The first-order valence-corrected chi connectivity index (χ1v) is 9.32. The molecule has 1 rings (SSSR count). The van der Waals surface area contributed by atoms with Crippen LogP contribution in [0.4, 0.5) is 0 Å². The quantitative estimate of drug-likeness (QED) is 0.351. The Hall–Kier alpha value is -0.270. The van der Waals surface area contributed by atoms with Crippen LogP contribution in [0.3, 0.4) is 0 Å². The minimum atomic E-state index is -4.02. The maximum atomic E-state index is 10.5. The molecule has 1 saturated carbocycles. The minimum Gasteiger partial charge on any atom is -0.387 e. The van der Waals surface area contributed by atoms with Gasteiger partial charge in [-0.2, -0.15) is 8.42 Å². The normalized spacial score (nSPS) is 20.4. The lowest BCUT2D eigenvalue weighted by molar-refractivity contribution is 0.386. The summed E-state index contributed by atoms with van der Waals surface area (Å²) in [7, 11) is -3.61. The Morgan fingerprint density at radius 1 is 1.22 bits per heavy atom. The van der Waals surface area contributed by atoms with Gasteiger partial charge in [0.25, 0.3) is 0 Å². The van der Waals surface area contributed by atoms with E-state index < -0.39 is 9.15 Å². The van der Waals surface area contributed by atoms with E-state index in [-0.39, 0.29) is 5.75 Å². The van der Waals surface area contributed by atoms with Gasteiger partial charge in [-0.05, 0) is 18.8 Å². The molecule has 0 aliphatic heterocycles. The third kappa shape index (κ3) is 7.94. The Labute approximate surface area is 113 Å². The van der Waals surface area contributed by atoms with Gasteiger partial charge in [0.2, 0.25) is 0 Å². The van der Waals surface area contributed by atoms with Crippen LogP contribution in [0.2, 0.25) is 0 Å². The van der Waals surface area contributed by atoms with Gasteiger partial charge in [0.1, 0.15) is 5.84 Å². The van der Waals surface area contributed by atoms with Gasteiger partial charge in [-0.3, -0.25) is 9.55 Å². The predicted molar refractivity (Wildman–Crippen MR) is 76.3 cm³/mol. The number of aliphatic imine (C=N–C) groups is 1. The molecule has 7 heteroatoms. The van der Waals surface area contributed by atoms with Crippen LogP contribution in [-0.2, 0) is 9.15 Å². The highest BCUT2D eigenvalue weighted by molar-refractivity contribution is 8.70. The molecule has 0 heterocycles. The topological polar surface area (TPSA) is 92.8 Å². The molecule has 0 saturated heterocycles. The van der Waals surface area contributed by atoms with Crippen LogP contribution < -0.4 is 5.73 Å². The van der Waals surface area contributed by atoms with Crippen molar-refractivity contribution in [2.45, 2.75) is 44.9 Å². The third-order valence-corrected chi connectivity index (χ3v) is 5.09. The first kappa shape index (κ1) is 15.8. The summed E-state index contributed by atoms with van der Waals surface area (Å²) < 4.78 is 29.6. The maximum Gasteiger partial charge on any atom is 0.320 e. The van der Waals surface area contributed by atoms with E-state index in [9.17, 15) is 8.42 Å². The second-order valence-electron chi connectivity index (χ2n) is 4.73. The Balaban J connectivity index is 2.31. The zero-order chi connectivity index (χ0) is 13.4. The van der Waals surface area contributed by atoms with Crippen molar-refractivity contribution >= 4 is 25.8 Å². The second kappa shape index (κ2) is 8.01. The first-order valence-electron chi connectivity index (χ1n) is 6.38. The average Bonchev–Trinajstić information content (AvgIpc) is 2.24. The zero-order valence-corrected chi connectivity index (χ0v) is 12.2. The molecule has 1 fully saturated rings. The summed E-state index contributed by atoms with van der Waals surface area (Å²) in [6.45, 7) is 0.678. The lowest BCUT2D eigenvalue weighted by Gasteiger charge is -2.17. The number of nitrogens with zero attached hydrogens (tertiary/aromatic N) is 1. The third-order valence-electron chi connectivity index (χ3n) is 3.13. The lowest BCUT2D eigenvalue weighted by atomic mass is 9.91. The summed E-state index contributed by atoms with van der Waals surface area (Å²) >= 11 is 0. The number of hydrogen-bond donors (Lipinski definition) is 2. The monoisotopic (exact) mass is 294 g/mol. The Morgan fingerprint density at radius 3 is 2.33 bits per heavy atom. The molecule has 0 unspecified atom stereocenters. The van der Waals surface area contributed by atoms with E-state index in [1.807, 2.05) is 0 Å². The molecule has 1 aliphatic rings. The van der Waals surface area contributed by atoms with E-state index in [0.29, 0.717) is 29.1 Å². The van der Waals surface area contributed by atoms with E-state index in [1.54, 1.807) is 0 Å². The zero-order valence-electron chi connectivity index (χ0n) is 10.5. The molecule has 0 atom stereocenters. The fraction of sp³-hybridized carbons (Fsp3) is 0.909.